The fourth-order valence-electron chi connectivity index (χ4n) is 3.46. The van der Waals surface area contributed by atoms with E-state index in [2.05, 4.69) is 15.6 Å². The number of amides is 2. The van der Waals surface area contributed by atoms with Crippen LogP contribution in [0.1, 0.15) is 31.1 Å². The Morgan fingerprint density at radius 3 is 2.16 bits per heavy atom. The highest BCUT2D eigenvalue weighted by Crippen LogP contribution is 2.28. The fraction of sp³-hybridized carbons (Fsp3) is 0.0714. The largest absolute Gasteiger partial charge is 0.495 e. The van der Waals surface area contributed by atoms with Crippen LogP contribution in [0.5, 0.6) is 5.75 Å². The Bertz CT molecular complexity index is 1430. The van der Waals surface area contributed by atoms with Gasteiger partial charge < -0.3 is 21.1 Å². The Labute approximate surface area is 218 Å². The minimum absolute atomic E-state index is 0.0165. The SMILES string of the molecule is COc1ccccc1NC(=O)c1cc(C(=O)Nc2ccccc2)c(SCC(=O)c2ccccc2)nc1N. The average molecular weight is 513 g/mol. The molecule has 0 saturated carbocycles. The van der Waals surface area contributed by atoms with Gasteiger partial charge in [0, 0.05) is 11.3 Å². The van der Waals surface area contributed by atoms with Crippen molar-refractivity contribution in [3.63, 3.8) is 0 Å². The Kier molecular flexibility index (Phi) is 8.17. The van der Waals surface area contributed by atoms with Crippen LogP contribution in [0.4, 0.5) is 17.2 Å². The Hall–Kier alpha value is -4.63. The van der Waals surface area contributed by atoms with E-state index >= 15 is 0 Å². The summed E-state index contributed by atoms with van der Waals surface area (Å²) in [5, 5.41) is 5.79. The van der Waals surface area contributed by atoms with Crippen molar-refractivity contribution in [2.45, 2.75) is 5.03 Å². The quantitative estimate of drug-likeness (QED) is 0.209. The summed E-state index contributed by atoms with van der Waals surface area (Å²) in [6.07, 6.45) is 0. The molecule has 37 heavy (non-hydrogen) atoms. The molecule has 0 aliphatic carbocycles. The number of nitrogens with zero attached hydrogens (tertiary/aromatic N) is 1. The van der Waals surface area contributed by atoms with Gasteiger partial charge >= 0.3 is 0 Å². The summed E-state index contributed by atoms with van der Waals surface area (Å²) in [7, 11) is 1.50. The monoisotopic (exact) mass is 512 g/mol. The van der Waals surface area contributed by atoms with Gasteiger partial charge in [0.15, 0.2) is 5.78 Å². The van der Waals surface area contributed by atoms with E-state index in [9.17, 15) is 14.4 Å². The average Bonchev–Trinajstić information content (AvgIpc) is 2.93. The number of nitrogens with two attached hydrogens (primary N) is 1. The summed E-state index contributed by atoms with van der Waals surface area (Å²) in [4.78, 5) is 43.4. The number of rotatable bonds is 9. The zero-order valence-corrected chi connectivity index (χ0v) is 20.7. The summed E-state index contributed by atoms with van der Waals surface area (Å²) < 4.78 is 5.29. The predicted molar refractivity (Wildman–Crippen MR) is 145 cm³/mol. The molecule has 0 unspecified atom stereocenters. The molecule has 3 aromatic carbocycles. The van der Waals surface area contributed by atoms with Crippen LogP contribution in [-0.4, -0.2) is 35.4 Å². The minimum atomic E-state index is -0.555. The van der Waals surface area contributed by atoms with Crippen LogP contribution < -0.4 is 21.1 Å². The second-order valence-electron chi connectivity index (χ2n) is 7.83. The van der Waals surface area contributed by atoms with Gasteiger partial charge in [-0.15, -0.1) is 0 Å². The number of hydrogen-bond acceptors (Lipinski definition) is 7. The zero-order valence-electron chi connectivity index (χ0n) is 19.9. The van der Waals surface area contributed by atoms with Crippen molar-refractivity contribution in [3.8, 4) is 5.75 Å². The number of aromatic nitrogens is 1. The number of carbonyl (C=O) groups excluding carboxylic acids is 3. The molecule has 4 N–H and O–H groups in total. The van der Waals surface area contributed by atoms with Gasteiger partial charge in [0.25, 0.3) is 11.8 Å². The van der Waals surface area contributed by atoms with Crippen molar-refractivity contribution >= 4 is 46.6 Å². The lowest BCUT2D eigenvalue weighted by Crippen LogP contribution is -2.20. The maximum Gasteiger partial charge on any atom is 0.259 e. The van der Waals surface area contributed by atoms with Crippen LogP contribution in [0.2, 0.25) is 0 Å². The summed E-state index contributed by atoms with van der Waals surface area (Å²) >= 11 is 1.08. The first-order chi connectivity index (χ1) is 18.0. The van der Waals surface area contributed by atoms with Crippen LogP contribution in [0, 0.1) is 0 Å². The normalized spacial score (nSPS) is 10.4. The molecule has 0 saturated heterocycles. The smallest absolute Gasteiger partial charge is 0.259 e. The molecule has 0 spiro atoms. The summed E-state index contributed by atoms with van der Waals surface area (Å²) in [5.74, 6) is -0.734. The van der Waals surface area contributed by atoms with Crippen LogP contribution in [0.25, 0.3) is 0 Å². The van der Waals surface area contributed by atoms with Gasteiger partial charge in [-0.2, -0.15) is 0 Å². The van der Waals surface area contributed by atoms with Crippen molar-refractivity contribution in [3.05, 3.63) is 108 Å². The third-order valence-corrected chi connectivity index (χ3v) is 6.32. The van der Waals surface area contributed by atoms with E-state index in [0.29, 0.717) is 22.7 Å². The Morgan fingerprint density at radius 1 is 0.838 bits per heavy atom. The number of benzene rings is 3. The molecule has 9 heteroatoms. The van der Waals surface area contributed by atoms with E-state index in [0.717, 1.165) is 11.8 Å². The van der Waals surface area contributed by atoms with E-state index in [1.165, 1.54) is 13.2 Å². The zero-order chi connectivity index (χ0) is 26.2. The van der Waals surface area contributed by atoms with Gasteiger partial charge in [-0.25, -0.2) is 4.98 Å². The highest BCUT2D eigenvalue weighted by Gasteiger charge is 2.22. The summed E-state index contributed by atoms with van der Waals surface area (Å²) in [5.41, 5.74) is 7.85. The fourth-order valence-corrected chi connectivity index (χ4v) is 4.37. The van der Waals surface area contributed by atoms with Gasteiger partial charge in [0.2, 0.25) is 0 Å². The molecular formula is C28H24N4O4S. The first-order valence-electron chi connectivity index (χ1n) is 11.3. The minimum Gasteiger partial charge on any atom is -0.495 e. The topological polar surface area (TPSA) is 123 Å². The van der Waals surface area contributed by atoms with Gasteiger partial charge in [-0.05, 0) is 30.3 Å². The van der Waals surface area contributed by atoms with Crippen molar-refractivity contribution in [2.24, 2.45) is 0 Å². The molecule has 8 nitrogen and oxygen atoms in total. The third-order valence-electron chi connectivity index (χ3n) is 5.33. The number of ketones is 1. The number of nitrogen functional groups attached to an aromatic ring is 1. The number of ether oxygens (including phenoxy) is 1. The van der Waals surface area contributed by atoms with Gasteiger partial charge in [0.1, 0.15) is 16.6 Å². The lowest BCUT2D eigenvalue weighted by Gasteiger charge is -2.14. The molecule has 1 heterocycles. The number of anilines is 3. The molecule has 2 amide bonds. The molecule has 0 bridgehead atoms. The molecule has 186 valence electrons. The first-order valence-corrected chi connectivity index (χ1v) is 12.3. The van der Waals surface area contributed by atoms with E-state index in [1.807, 2.05) is 12.1 Å². The molecular weight excluding hydrogens is 488 g/mol. The highest BCUT2D eigenvalue weighted by molar-refractivity contribution is 8.00. The van der Waals surface area contributed by atoms with Gasteiger partial charge in [-0.1, -0.05) is 72.4 Å². The summed E-state index contributed by atoms with van der Waals surface area (Å²) in [6.45, 7) is 0. The number of hydrogen-bond donors (Lipinski definition) is 3. The third kappa shape index (κ3) is 6.33. The molecule has 4 aromatic rings. The van der Waals surface area contributed by atoms with Crippen LogP contribution >= 0.6 is 11.8 Å². The van der Waals surface area contributed by atoms with Crippen LogP contribution in [0.3, 0.4) is 0 Å². The molecule has 0 atom stereocenters. The van der Waals surface area contributed by atoms with E-state index in [4.69, 9.17) is 10.5 Å². The molecule has 0 aliphatic rings. The lowest BCUT2D eigenvalue weighted by molar-refractivity contribution is 0.101. The molecule has 0 fully saturated rings. The van der Waals surface area contributed by atoms with Crippen molar-refractivity contribution in [1.29, 1.82) is 0 Å². The highest BCUT2D eigenvalue weighted by atomic mass is 32.2. The number of Topliss-reactive ketones (excluding diaryl/α,β-unsaturated/α-hetero) is 1. The molecule has 0 radical (unpaired) electrons. The lowest BCUT2D eigenvalue weighted by atomic mass is 10.1. The maximum atomic E-state index is 13.3. The number of carbonyl (C=O) groups is 3. The number of para-hydroxylation sites is 3. The number of nitrogens with one attached hydrogen (secondary N) is 2. The molecule has 1 aromatic heterocycles. The van der Waals surface area contributed by atoms with Crippen LogP contribution in [-0.2, 0) is 0 Å². The second-order valence-corrected chi connectivity index (χ2v) is 8.79. The van der Waals surface area contributed by atoms with E-state index in [1.54, 1.807) is 72.8 Å². The van der Waals surface area contributed by atoms with Crippen molar-refractivity contribution < 1.29 is 19.1 Å². The van der Waals surface area contributed by atoms with Gasteiger partial charge in [-0.3, -0.25) is 14.4 Å². The first kappa shape index (κ1) is 25.5. The summed E-state index contributed by atoms with van der Waals surface area (Å²) in [6, 6.07) is 26.0. The molecule has 0 aliphatic heterocycles. The number of thioether (sulfide) groups is 1. The van der Waals surface area contributed by atoms with Crippen molar-refractivity contribution in [2.75, 3.05) is 29.2 Å². The van der Waals surface area contributed by atoms with Crippen LogP contribution in [0.15, 0.2) is 96.0 Å². The van der Waals surface area contributed by atoms with Gasteiger partial charge in [0.05, 0.1) is 29.7 Å². The Balaban J connectivity index is 1.64. The predicted octanol–water partition coefficient (Wildman–Crippen LogP) is 5.15. The maximum absolute atomic E-state index is 13.3. The number of methoxy groups -OCH3 is 1. The molecule has 4 rings (SSSR count). The van der Waals surface area contributed by atoms with E-state index < -0.39 is 11.8 Å². The van der Waals surface area contributed by atoms with Crippen molar-refractivity contribution in [1.82, 2.24) is 4.98 Å². The Morgan fingerprint density at radius 2 is 1.46 bits per heavy atom. The standard InChI is InChI=1S/C28H24N4O4S/c1-36-24-15-9-8-14-22(24)31-26(34)20-16-21(27(35)30-19-12-6-3-7-13-19)28(32-25(20)29)37-17-23(33)18-10-4-2-5-11-18/h2-16H,17H2,1H3,(H2,29,32)(H,30,35)(H,31,34). The second kappa shape index (κ2) is 11.9. The van der Waals surface area contributed by atoms with E-state index in [-0.39, 0.29) is 33.5 Å². The number of pyridine rings is 1.